The fourth-order valence-corrected chi connectivity index (χ4v) is 6.14. The van der Waals surface area contributed by atoms with Gasteiger partial charge in [0.15, 0.2) is 0 Å². The lowest BCUT2D eigenvalue weighted by atomic mass is 10.0. The first kappa shape index (κ1) is 45.0. The Morgan fingerprint density at radius 1 is 0.587 bits per heavy atom. The number of phosphoric acid groups is 1. The largest absolute Gasteiger partial charge is 0.472 e. The SMILES string of the molecule is CCCCCCCCCCCCCCCCCCCCCCC(=O)NCCOP(=O)(O)OCC(O)COC(=O)CCCCCCC. The van der Waals surface area contributed by atoms with Crippen LogP contribution in [-0.4, -0.2) is 54.3 Å². The highest BCUT2D eigenvalue weighted by Crippen LogP contribution is 2.42. The highest BCUT2D eigenvalue weighted by atomic mass is 31.2. The molecule has 46 heavy (non-hydrogen) atoms. The van der Waals surface area contributed by atoms with Gasteiger partial charge in [-0.15, -0.1) is 0 Å². The summed E-state index contributed by atoms with van der Waals surface area (Å²) < 4.78 is 26.6. The van der Waals surface area contributed by atoms with Crippen LogP contribution < -0.4 is 5.32 Å². The van der Waals surface area contributed by atoms with E-state index in [2.05, 4.69) is 19.2 Å². The van der Waals surface area contributed by atoms with Crippen LogP contribution in [0, 0.1) is 0 Å². The van der Waals surface area contributed by atoms with Crippen molar-refractivity contribution >= 4 is 19.7 Å². The summed E-state index contributed by atoms with van der Waals surface area (Å²) in [6.45, 7) is 3.46. The van der Waals surface area contributed by atoms with Crippen molar-refractivity contribution in [2.24, 2.45) is 0 Å². The van der Waals surface area contributed by atoms with Crippen molar-refractivity contribution in [3.05, 3.63) is 0 Å². The molecule has 0 aromatic heterocycles. The molecule has 9 nitrogen and oxygen atoms in total. The Bertz CT molecular complexity index is 739. The second-order valence-corrected chi connectivity index (χ2v) is 14.4. The van der Waals surface area contributed by atoms with Gasteiger partial charge in [0, 0.05) is 19.4 Å². The summed E-state index contributed by atoms with van der Waals surface area (Å²) in [5.74, 6) is -0.521. The zero-order chi connectivity index (χ0) is 34.0. The molecule has 0 rings (SSSR count). The van der Waals surface area contributed by atoms with Crippen LogP contribution in [0.4, 0.5) is 0 Å². The van der Waals surface area contributed by atoms with Crippen LogP contribution >= 0.6 is 7.82 Å². The maximum absolute atomic E-state index is 12.0. The van der Waals surface area contributed by atoms with E-state index in [0.717, 1.165) is 51.4 Å². The minimum atomic E-state index is -4.39. The highest BCUT2D eigenvalue weighted by Gasteiger charge is 2.23. The third-order valence-electron chi connectivity index (χ3n) is 8.29. The van der Waals surface area contributed by atoms with Gasteiger partial charge in [-0.3, -0.25) is 18.6 Å². The van der Waals surface area contributed by atoms with Crippen molar-refractivity contribution < 1.29 is 37.9 Å². The van der Waals surface area contributed by atoms with E-state index in [1.54, 1.807) is 0 Å². The molecular weight excluding hydrogens is 605 g/mol. The number of rotatable bonds is 36. The van der Waals surface area contributed by atoms with Crippen LogP contribution in [-0.2, 0) is 27.9 Å². The minimum Gasteiger partial charge on any atom is -0.463 e. The number of amides is 1. The molecule has 0 saturated carbocycles. The van der Waals surface area contributed by atoms with Gasteiger partial charge in [-0.25, -0.2) is 4.57 Å². The van der Waals surface area contributed by atoms with Gasteiger partial charge < -0.3 is 20.1 Å². The number of nitrogens with one attached hydrogen (secondary N) is 1. The van der Waals surface area contributed by atoms with Gasteiger partial charge in [0.1, 0.15) is 12.7 Å². The summed E-state index contributed by atoms with van der Waals surface area (Å²) in [7, 11) is -4.39. The first-order chi connectivity index (χ1) is 22.3. The summed E-state index contributed by atoms with van der Waals surface area (Å²) in [5.41, 5.74) is 0. The van der Waals surface area contributed by atoms with Crippen LogP contribution in [0.2, 0.25) is 0 Å². The van der Waals surface area contributed by atoms with E-state index in [0.29, 0.717) is 6.42 Å². The van der Waals surface area contributed by atoms with Gasteiger partial charge in [-0.2, -0.15) is 0 Å². The molecule has 0 fully saturated rings. The van der Waals surface area contributed by atoms with Crippen molar-refractivity contribution in [1.29, 1.82) is 0 Å². The van der Waals surface area contributed by atoms with E-state index in [4.69, 9.17) is 13.8 Å². The molecule has 0 saturated heterocycles. The fourth-order valence-electron chi connectivity index (χ4n) is 5.38. The zero-order valence-electron chi connectivity index (χ0n) is 29.8. The molecule has 1 amide bonds. The van der Waals surface area contributed by atoms with Gasteiger partial charge in [-0.1, -0.05) is 162 Å². The smallest absolute Gasteiger partial charge is 0.463 e. The molecule has 0 radical (unpaired) electrons. The molecule has 3 N–H and O–H groups in total. The van der Waals surface area contributed by atoms with Crippen molar-refractivity contribution in [2.75, 3.05) is 26.4 Å². The predicted molar refractivity (Wildman–Crippen MR) is 188 cm³/mol. The molecule has 0 aliphatic heterocycles. The molecule has 0 aromatic rings. The number of aliphatic hydroxyl groups is 1. The average Bonchev–Trinajstić information content (AvgIpc) is 3.04. The molecule has 10 heteroatoms. The summed E-state index contributed by atoms with van der Waals surface area (Å²) in [4.78, 5) is 33.5. The van der Waals surface area contributed by atoms with Crippen molar-refractivity contribution in [2.45, 2.75) is 193 Å². The van der Waals surface area contributed by atoms with Gasteiger partial charge in [0.25, 0.3) is 0 Å². The minimum absolute atomic E-state index is 0.0877. The van der Waals surface area contributed by atoms with Gasteiger partial charge >= 0.3 is 13.8 Å². The summed E-state index contributed by atoms with van der Waals surface area (Å²) >= 11 is 0. The third kappa shape index (κ3) is 34.3. The summed E-state index contributed by atoms with van der Waals surface area (Å²) in [6.07, 6.45) is 30.9. The third-order valence-corrected chi connectivity index (χ3v) is 9.27. The molecule has 0 aliphatic carbocycles. The number of hydrogen-bond donors (Lipinski definition) is 3. The van der Waals surface area contributed by atoms with Crippen LogP contribution in [0.15, 0.2) is 0 Å². The quantitative estimate of drug-likeness (QED) is 0.0339. The topological polar surface area (TPSA) is 131 Å². The van der Waals surface area contributed by atoms with Crippen LogP contribution in [0.5, 0.6) is 0 Å². The summed E-state index contributed by atoms with van der Waals surface area (Å²) in [5, 5.41) is 12.5. The molecule has 0 spiro atoms. The Labute approximate surface area is 282 Å². The number of aliphatic hydroxyl groups excluding tert-OH is 1. The lowest BCUT2D eigenvalue weighted by Crippen LogP contribution is -2.27. The number of unbranched alkanes of at least 4 members (excludes halogenated alkanes) is 23. The van der Waals surface area contributed by atoms with Crippen molar-refractivity contribution in [3.8, 4) is 0 Å². The highest BCUT2D eigenvalue weighted by molar-refractivity contribution is 7.47. The average molecular weight is 678 g/mol. The van der Waals surface area contributed by atoms with E-state index >= 15 is 0 Å². The van der Waals surface area contributed by atoms with Crippen molar-refractivity contribution in [1.82, 2.24) is 5.32 Å². The number of ether oxygens (including phenoxy) is 1. The molecule has 0 bridgehead atoms. The number of carbonyl (C=O) groups excluding carboxylic acids is 2. The van der Waals surface area contributed by atoms with Crippen LogP contribution in [0.1, 0.15) is 187 Å². The lowest BCUT2D eigenvalue weighted by molar-refractivity contribution is -0.147. The molecule has 0 heterocycles. The van der Waals surface area contributed by atoms with Gasteiger partial charge in [-0.05, 0) is 12.8 Å². The molecule has 2 atom stereocenters. The first-order valence-electron chi connectivity index (χ1n) is 19.0. The van der Waals surface area contributed by atoms with Gasteiger partial charge in [0.05, 0.1) is 13.2 Å². The first-order valence-corrected chi connectivity index (χ1v) is 20.5. The molecule has 2 unspecified atom stereocenters. The zero-order valence-corrected chi connectivity index (χ0v) is 30.7. The van der Waals surface area contributed by atoms with E-state index in [-0.39, 0.29) is 32.1 Å². The van der Waals surface area contributed by atoms with Crippen LogP contribution in [0.3, 0.4) is 0 Å². The normalized spacial score (nSPS) is 13.4. The standard InChI is InChI=1S/C36H72NO8P/c1-3-5-7-9-10-11-12-13-14-15-16-17-18-19-20-21-22-23-25-26-28-35(39)37-30-31-44-46(41,42)45-33-34(38)32-43-36(40)29-27-24-8-6-4-2/h34,38H,3-33H2,1-2H3,(H,37,39)(H,41,42). The Morgan fingerprint density at radius 2 is 0.978 bits per heavy atom. The molecule has 0 aliphatic rings. The summed E-state index contributed by atoms with van der Waals surface area (Å²) in [6, 6.07) is 0. The predicted octanol–water partition coefficient (Wildman–Crippen LogP) is 9.71. The number of carbonyl (C=O) groups is 2. The number of phosphoric ester groups is 1. The van der Waals surface area contributed by atoms with Gasteiger partial charge in [0.2, 0.25) is 5.91 Å². The number of esters is 1. The maximum atomic E-state index is 12.0. The molecule has 274 valence electrons. The van der Waals surface area contributed by atoms with Crippen molar-refractivity contribution in [3.63, 3.8) is 0 Å². The number of hydrogen-bond acceptors (Lipinski definition) is 7. The van der Waals surface area contributed by atoms with E-state index in [9.17, 15) is 24.2 Å². The Morgan fingerprint density at radius 3 is 1.41 bits per heavy atom. The van der Waals surface area contributed by atoms with E-state index in [1.165, 1.54) is 109 Å². The monoisotopic (exact) mass is 677 g/mol. The lowest BCUT2D eigenvalue weighted by Gasteiger charge is -2.15. The Balaban J connectivity index is 3.49. The molecule has 0 aromatic carbocycles. The van der Waals surface area contributed by atoms with Crippen LogP contribution in [0.25, 0.3) is 0 Å². The van der Waals surface area contributed by atoms with E-state index < -0.39 is 26.5 Å². The Hall–Kier alpha value is -0.990. The van der Waals surface area contributed by atoms with E-state index in [1.807, 2.05) is 0 Å². The fraction of sp³-hybridized carbons (Fsp3) is 0.944. The maximum Gasteiger partial charge on any atom is 0.472 e. The molecular formula is C36H72NO8P. The second-order valence-electron chi connectivity index (χ2n) is 12.9. The Kier molecular flexibility index (Phi) is 33.2. The second kappa shape index (κ2) is 33.9.